The van der Waals surface area contributed by atoms with Crippen LogP contribution in [0, 0.1) is 5.92 Å². The standard InChI is InChI=1S/C11H22N2O3/c1-4-8(2)10(11(15)16-3)13-9(14)6-5-7-12/h8,10H,4-7,12H2,1-3H3,(H,13,14)/t8-,10-/m0/s1. The lowest BCUT2D eigenvalue weighted by Crippen LogP contribution is -2.45. The van der Waals surface area contributed by atoms with E-state index in [4.69, 9.17) is 5.73 Å². The van der Waals surface area contributed by atoms with Gasteiger partial charge >= 0.3 is 5.97 Å². The molecule has 0 rings (SSSR count). The molecular weight excluding hydrogens is 208 g/mol. The number of rotatable bonds is 7. The highest BCUT2D eigenvalue weighted by molar-refractivity contribution is 5.84. The zero-order chi connectivity index (χ0) is 12.6. The zero-order valence-corrected chi connectivity index (χ0v) is 10.3. The highest BCUT2D eigenvalue weighted by Gasteiger charge is 2.26. The minimum atomic E-state index is -0.555. The third-order valence-electron chi connectivity index (χ3n) is 2.59. The zero-order valence-electron chi connectivity index (χ0n) is 10.3. The maximum absolute atomic E-state index is 11.5. The number of hydrogen-bond acceptors (Lipinski definition) is 4. The van der Waals surface area contributed by atoms with Gasteiger partial charge in [0.05, 0.1) is 7.11 Å². The molecule has 0 unspecified atom stereocenters. The average molecular weight is 230 g/mol. The molecule has 94 valence electrons. The van der Waals surface area contributed by atoms with Gasteiger partial charge in [0.15, 0.2) is 0 Å². The van der Waals surface area contributed by atoms with Crippen molar-refractivity contribution in [3.05, 3.63) is 0 Å². The molecule has 5 heteroatoms. The molecule has 3 N–H and O–H groups in total. The highest BCUT2D eigenvalue weighted by Crippen LogP contribution is 2.09. The topological polar surface area (TPSA) is 81.4 Å². The van der Waals surface area contributed by atoms with Crippen LogP contribution in [-0.2, 0) is 14.3 Å². The van der Waals surface area contributed by atoms with Gasteiger partial charge in [-0.25, -0.2) is 4.79 Å². The number of ether oxygens (including phenoxy) is 1. The van der Waals surface area contributed by atoms with E-state index in [1.165, 1.54) is 7.11 Å². The van der Waals surface area contributed by atoms with E-state index in [0.717, 1.165) is 6.42 Å². The minimum Gasteiger partial charge on any atom is -0.467 e. The third-order valence-corrected chi connectivity index (χ3v) is 2.59. The summed E-state index contributed by atoms with van der Waals surface area (Å²) in [4.78, 5) is 22.9. The van der Waals surface area contributed by atoms with Crippen molar-refractivity contribution in [2.45, 2.75) is 39.2 Å². The molecule has 0 aromatic rings. The third kappa shape index (κ3) is 5.11. The van der Waals surface area contributed by atoms with Crippen molar-refractivity contribution in [2.75, 3.05) is 13.7 Å². The maximum atomic E-state index is 11.5. The molecule has 0 spiro atoms. The molecular formula is C11H22N2O3. The number of carbonyl (C=O) groups is 2. The molecule has 0 radical (unpaired) electrons. The first-order valence-corrected chi connectivity index (χ1v) is 5.64. The Morgan fingerprint density at radius 3 is 2.50 bits per heavy atom. The second-order valence-electron chi connectivity index (χ2n) is 3.85. The van der Waals surface area contributed by atoms with Gasteiger partial charge in [-0.3, -0.25) is 4.79 Å². The molecule has 0 aromatic carbocycles. The number of methoxy groups -OCH3 is 1. The van der Waals surface area contributed by atoms with E-state index in [9.17, 15) is 9.59 Å². The molecule has 16 heavy (non-hydrogen) atoms. The molecule has 0 aliphatic rings. The van der Waals surface area contributed by atoms with Crippen LogP contribution in [0.3, 0.4) is 0 Å². The van der Waals surface area contributed by atoms with Crippen LogP contribution in [0.1, 0.15) is 33.1 Å². The van der Waals surface area contributed by atoms with Crippen LogP contribution in [0.4, 0.5) is 0 Å². The lowest BCUT2D eigenvalue weighted by Gasteiger charge is -2.21. The van der Waals surface area contributed by atoms with E-state index < -0.39 is 12.0 Å². The predicted octanol–water partition coefficient (Wildman–Crippen LogP) is 0.429. The van der Waals surface area contributed by atoms with Gasteiger partial charge in [0.2, 0.25) is 5.91 Å². The molecule has 0 saturated carbocycles. The minimum absolute atomic E-state index is 0.0641. The van der Waals surface area contributed by atoms with Gasteiger partial charge in [0.25, 0.3) is 0 Å². The molecule has 0 fully saturated rings. The molecule has 0 aliphatic carbocycles. The first kappa shape index (κ1) is 14.9. The molecule has 0 heterocycles. The van der Waals surface area contributed by atoms with Crippen molar-refractivity contribution in [1.82, 2.24) is 5.32 Å². The first-order valence-electron chi connectivity index (χ1n) is 5.64. The van der Waals surface area contributed by atoms with Crippen molar-refractivity contribution in [3.63, 3.8) is 0 Å². The average Bonchev–Trinajstić information content (AvgIpc) is 2.31. The Morgan fingerprint density at radius 2 is 2.06 bits per heavy atom. The molecule has 2 atom stereocenters. The van der Waals surface area contributed by atoms with Crippen molar-refractivity contribution >= 4 is 11.9 Å². The molecule has 0 aliphatic heterocycles. The smallest absolute Gasteiger partial charge is 0.328 e. The van der Waals surface area contributed by atoms with Crippen molar-refractivity contribution < 1.29 is 14.3 Å². The van der Waals surface area contributed by atoms with Gasteiger partial charge in [0.1, 0.15) is 6.04 Å². The Morgan fingerprint density at radius 1 is 1.44 bits per heavy atom. The van der Waals surface area contributed by atoms with Gasteiger partial charge in [-0.1, -0.05) is 20.3 Å². The van der Waals surface area contributed by atoms with E-state index in [1.54, 1.807) is 0 Å². The molecule has 1 amide bonds. The number of hydrogen-bond donors (Lipinski definition) is 2. The van der Waals surface area contributed by atoms with E-state index >= 15 is 0 Å². The summed E-state index contributed by atoms with van der Waals surface area (Å²) in [6.07, 6.45) is 1.78. The van der Waals surface area contributed by atoms with Crippen LogP contribution < -0.4 is 11.1 Å². The number of carbonyl (C=O) groups excluding carboxylic acids is 2. The van der Waals surface area contributed by atoms with Crippen molar-refractivity contribution in [3.8, 4) is 0 Å². The summed E-state index contributed by atoms with van der Waals surface area (Å²) in [5.41, 5.74) is 5.31. The molecule has 0 aromatic heterocycles. The Bertz CT molecular complexity index is 231. The van der Waals surface area contributed by atoms with E-state index in [1.807, 2.05) is 13.8 Å². The number of nitrogens with two attached hydrogens (primary N) is 1. The second kappa shape index (κ2) is 8.10. The number of nitrogens with one attached hydrogen (secondary N) is 1. The Balaban J connectivity index is 4.31. The molecule has 5 nitrogen and oxygen atoms in total. The quantitative estimate of drug-likeness (QED) is 0.621. The number of amides is 1. The summed E-state index contributed by atoms with van der Waals surface area (Å²) >= 11 is 0. The summed E-state index contributed by atoms with van der Waals surface area (Å²) in [6.45, 7) is 4.34. The summed E-state index contributed by atoms with van der Waals surface area (Å²) in [6, 6.07) is -0.555. The Kier molecular flexibility index (Phi) is 7.54. The summed E-state index contributed by atoms with van der Waals surface area (Å²) < 4.78 is 4.66. The molecule has 0 bridgehead atoms. The lowest BCUT2D eigenvalue weighted by molar-refractivity contribution is -0.146. The monoisotopic (exact) mass is 230 g/mol. The fourth-order valence-corrected chi connectivity index (χ4v) is 1.30. The van der Waals surface area contributed by atoms with Gasteiger partial charge < -0.3 is 15.8 Å². The SMILES string of the molecule is CC[C@H](C)[C@H](NC(=O)CCCN)C(=O)OC. The van der Waals surface area contributed by atoms with Gasteiger partial charge in [0, 0.05) is 6.42 Å². The van der Waals surface area contributed by atoms with Crippen molar-refractivity contribution in [2.24, 2.45) is 11.7 Å². The van der Waals surface area contributed by atoms with Gasteiger partial charge in [-0.15, -0.1) is 0 Å². The van der Waals surface area contributed by atoms with E-state index in [-0.39, 0.29) is 11.8 Å². The predicted molar refractivity (Wildman–Crippen MR) is 61.7 cm³/mol. The van der Waals surface area contributed by atoms with Crippen LogP contribution in [-0.4, -0.2) is 31.6 Å². The summed E-state index contributed by atoms with van der Waals surface area (Å²) in [5, 5.41) is 2.68. The fraction of sp³-hybridized carbons (Fsp3) is 0.818. The number of esters is 1. The van der Waals surface area contributed by atoms with Gasteiger partial charge in [-0.05, 0) is 18.9 Å². The normalized spacial score (nSPS) is 14.0. The van der Waals surface area contributed by atoms with Crippen molar-refractivity contribution in [1.29, 1.82) is 0 Å². The molecule has 0 saturated heterocycles. The largest absolute Gasteiger partial charge is 0.467 e. The van der Waals surface area contributed by atoms with Crippen LogP contribution in [0.2, 0.25) is 0 Å². The maximum Gasteiger partial charge on any atom is 0.328 e. The Hall–Kier alpha value is -1.10. The van der Waals surface area contributed by atoms with Crippen LogP contribution in [0.25, 0.3) is 0 Å². The van der Waals surface area contributed by atoms with E-state index in [0.29, 0.717) is 19.4 Å². The van der Waals surface area contributed by atoms with Gasteiger partial charge in [-0.2, -0.15) is 0 Å². The van der Waals surface area contributed by atoms with Crippen LogP contribution >= 0.6 is 0 Å². The summed E-state index contributed by atoms with van der Waals surface area (Å²) in [5.74, 6) is -0.481. The summed E-state index contributed by atoms with van der Waals surface area (Å²) in [7, 11) is 1.32. The first-order chi connectivity index (χ1) is 7.56. The second-order valence-corrected chi connectivity index (χ2v) is 3.85. The highest BCUT2D eigenvalue weighted by atomic mass is 16.5. The fourth-order valence-electron chi connectivity index (χ4n) is 1.30. The van der Waals surface area contributed by atoms with Crippen LogP contribution in [0.5, 0.6) is 0 Å². The van der Waals surface area contributed by atoms with Crippen LogP contribution in [0.15, 0.2) is 0 Å². The Labute approximate surface area is 96.7 Å². The van der Waals surface area contributed by atoms with E-state index in [2.05, 4.69) is 10.1 Å². The lowest BCUT2D eigenvalue weighted by atomic mass is 9.99.